The molecule has 1 aromatic carbocycles. The lowest BCUT2D eigenvalue weighted by atomic mass is 10.1. The van der Waals surface area contributed by atoms with Crippen molar-refractivity contribution < 1.29 is 23.5 Å². The van der Waals surface area contributed by atoms with Crippen molar-refractivity contribution in [2.45, 2.75) is 40.5 Å². The SMILES string of the molecule is CC(C)CC(=O)Oc1ccc(F)cc1OC(=O)CC(C)C. The number of hydrogen-bond donors (Lipinski definition) is 0. The maximum atomic E-state index is 13.3. The number of benzene rings is 1. The van der Waals surface area contributed by atoms with E-state index in [1.807, 2.05) is 27.7 Å². The summed E-state index contributed by atoms with van der Waals surface area (Å²) < 4.78 is 23.5. The molecule has 0 aliphatic heterocycles. The van der Waals surface area contributed by atoms with Crippen LogP contribution in [0.2, 0.25) is 0 Å². The van der Waals surface area contributed by atoms with Crippen molar-refractivity contribution in [2.24, 2.45) is 11.8 Å². The minimum atomic E-state index is -0.564. The largest absolute Gasteiger partial charge is 0.423 e. The first-order chi connectivity index (χ1) is 9.77. The monoisotopic (exact) mass is 296 g/mol. The van der Waals surface area contributed by atoms with Gasteiger partial charge in [-0.3, -0.25) is 9.59 Å². The Balaban J connectivity index is 2.84. The molecule has 0 radical (unpaired) electrons. The first kappa shape index (κ1) is 17.1. The van der Waals surface area contributed by atoms with Gasteiger partial charge >= 0.3 is 11.9 Å². The highest BCUT2D eigenvalue weighted by Crippen LogP contribution is 2.29. The Kier molecular flexibility index (Phi) is 6.34. The molecule has 0 unspecified atom stereocenters. The van der Waals surface area contributed by atoms with Crippen LogP contribution in [-0.2, 0) is 9.59 Å². The van der Waals surface area contributed by atoms with E-state index in [9.17, 15) is 14.0 Å². The van der Waals surface area contributed by atoms with Gasteiger partial charge in [-0.15, -0.1) is 0 Å². The third-order valence-corrected chi connectivity index (χ3v) is 2.50. The summed E-state index contributed by atoms with van der Waals surface area (Å²) in [6.07, 6.45) is 0.437. The summed E-state index contributed by atoms with van der Waals surface area (Å²) in [5, 5.41) is 0. The van der Waals surface area contributed by atoms with E-state index in [0.717, 1.165) is 12.1 Å². The standard InChI is InChI=1S/C16H21FO4/c1-10(2)7-15(18)20-13-6-5-12(17)9-14(13)21-16(19)8-11(3)4/h5-6,9-11H,7-8H2,1-4H3. The van der Waals surface area contributed by atoms with Gasteiger partial charge < -0.3 is 9.47 Å². The molecule has 0 saturated heterocycles. The van der Waals surface area contributed by atoms with Crippen LogP contribution in [0.1, 0.15) is 40.5 Å². The topological polar surface area (TPSA) is 52.6 Å². The predicted octanol–water partition coefficient (Wildman–Crippen LogP) is 3.73. The smallest absolute Gasteiger partial charge is 0.311 e. The molecule has 116 valence electrons. The van der Waals surface area contributed by atoms with Crippen molar-refractivity contribution >= 4 is 11.9 Å². The average molecular weight is 296 g/mol. The van der Waals surface area contributed by atoms with Crippen LogP contribution in [0.25, 0.3) is 0 Å². The van der Waals surface area contributed by atoms with E-state index in [-0.39, 0.29) is 36.2 Å². The zero-order valence-corrected chi connectivity index (χ0v) is 12.8. The van der Waals surface area contributed by atoms with E-state index in [2.05, 4.69) is 0 Å². The molecule has 5 heteroatoms. The molecule has 0 amide bonds. The highest BCUT2D eigenvalue weighted by molar-refractivity contribution is 5.76. The number of rotatable bonds is 6. The van der Waals surface area contributed by atoms with Crippen LogP contribution in [0, 0.1) is 17.7 Å². The fourth-order valence-corrected chi connectivity index (χ4v) is 1.64. The number of hydrogen-bond acceptors (Lipinski definition) is 4. The Bertz CT molecular complexity index is 509. The Labute approximate surface area is 124 Å². The van der Waals surface area contributed by atoms with Gasteiger partial charge in [0.2, 0.25) is 0 Å². The number of esters is 2. The second-order valence-electron chi connectivity index (χ2n) is 5.74. The van der Waals surface area contributed by atoms with Gasteiger partial charge in [-0.05, 0) is 24.0 Å². The lowest BCUT2D eigenvalue weighted by Crippen LogP contribution is -2.14. The minimum Gasteiger partial charge on any atom is -0.423 e. The molecular weight excluding hydrogens is 275 g/mol. The number of ether oxygens (including phenoxy) is 2. The summed E-state index contributed by atoms with van der Waals surface area (Å²) in [6.45, 7) is 7.51. The van der Waals surface area contributed by atoms with E-state index in [1.54, 1.807) is 0 Å². The van der Waals surface area contributed by atoms with Crippen molar-refractivity contribution in [3.63, 3.8) is 0 Å². The first-order valence-corrected chi connectivity index (χ1v) is 6.98. The molecule has 0 fully saturated rings. The van der Waals surface area contributed by atoms with Crippen LogP contribution < -0.4 is 9.47 Å². The second kappa shape index (κ2) is 7.76. The van der Waals surface area contributed by atoms with Gasteiger partial charge in [-0.1, -0.05) is 27.7 Å². The van der Waals surface area contributed by atoms with Crippen LogP contribution in [0.4, 0.5) is 4.39 Å². The second-order valence-corrected chi connectivity index (χ2v) is 5.74. The van der Waals surface area contributed by atoms with Crippen molar-refractivity contribution in [1.29, 1.82) is 0 Å². The van der Waals surface area contributed by atoms with Crippen LogP contribution in [-0.4, -0.2) is 11.9 Å². The Hall–Kier alpha value is -1.91. The molecule has 0 aliphatic rings. The zero-order valence-electron chi connectivity index (χ0n) is 12.8. The summed E-state index contributed by atoms with van der Waals surface area (Å²) in [5.74, 6) is -1.25. The van der Waals surface area contributed by atoms with E-state index >= 15 is 0 Å². The zero-order chi connectivity index (χ0) is 16.0. The summed E-state index contributed by atoms with van der Waals surface area (Å²) >= 11 is 0. The van der Waals surface area contributed by atoms with Crippen LogP contribution in [0.5, 0.6) is 11.5 Å². The highest BCUT2D eigenvalue weighted by atomic mass is 19.1. The predicted molar refractivity (Wildman–Crippen MR) is 76.6 cm³/mol. The molecule has 21 heavy (non-hydrogen) atoms. The maximum absolute atomic E-state index is 13.3. The van der Waals surface area contributed by atoms with Crippen LogP contribution in [0.15, 0.2) is 18.2 Å². The van der Waals surface area contributed by atoms with Crippen LogP contribution >= 0.6 is 0 Å². The Morgan fingerprint density at radius 2 is 1.43 bits per heavy atom. The molecule has 4 nitrogen and oxygen atoms in total. The van der Waals surface area contributed by atoms with E-state index in [0.29, 0.717) is 0 Å². The van der Waals surface area contributed by atoms with Gasteiger partial charge in [0.05, 0.1) is 0 Å². The van der Waals surface area contributed by atoms with Crippen molar-refractivity contribution in [3.05, 3.63) is 24.0 Å². The number of carbonyl (C=O) groups excluding carboxylic acids is 2. The molecule has 1 aromatic rings. The highest BCUT2D eigenvalue weighted by Gasteiger charge is 2.16. The molecule has 0 N–H and O–H groups in total. The third-order valence-electron chi connectivity index (χ3n) is 2.50. The molecule has 1 rings (SSSR count). The maximum Gasteiger partial charge on any atom is 0.311 e. The molecular formula is C16H21FO4. The van der Waals surface area contributed by atoms with Gasteiger partial charge in [0.15, 0.2) is 11.5 Å². The van der Waals surface area contributed by atoms with Gasteiger partial charge in [0.1, 0.15) is 5.82 Å². The van der Waals surface area contributed by atoms with E-state index in [4.69, 9.17) is 9.47 Å². The van der Waals surface area contributed by atoms with Gasteiger partial charge in [0, 0.05) is 18.9 Å². The normalized spacial score (nSPS) is 10.8. The van der Waals surface area contributed by atoms with Crippen molar-refractivity contribution in [3.8, 4) is 11.5 Å². The molecule has 0 aliphatic carbocycles. The molecule has 0 saturated carbocycles. The summed E-state index contributed by atoms with van der Waals surface area (Å²) in [5.41, 5.74) is 0. The molecule has 0 spiro atoms. The quantitative estimate of drug-likeness (QED) is 0.593. The summed E-state index contributed by atoms with van der Waals surface area (Å²) in [4.78, 5) is 23.3. The molecule has 0 heterocycles. The molecule has 0 aromatic heterocycles. The molecule has 0 atom stereocenters. The lowest BCUT2D eigenvalue weighted by Gasteiger charge is -2.12. The van der Waals surface area contributed by atoms with Gasteiger partial charge in [-0.2, -0.15) is 0 Å². The average Bonchev–Trinajstić information content (AvgIpc) is 2.30. The summed E-state index contributed by atoms with van der Waals surface area (Å²) in [7, 11) is 0. The third kappa shape index (κ3) is 6.38. The van der Waals surface area contributed by atoms with Crippen LogP contribution in [0.3, 0.4) is 0 Å². The van der Waals surface area contributed by atoms with Gasteiger partial charge in [0.25, 0.3) is 0 Å². The van der Waals surface area contributed by atoms with Crippen molar-refractivity contribution in [2.75, 3.05) is 0 Å². The fourth-order valence-electron chi connectivity index (χ4n) is 1.64. The minimum absolute atomic E-state index is 0.0548. The number of halogens is 1. The molecule has 0 bridgehead atoms. The fraction of sp³-hybridized carbons (Fsp3) is 0.500. The lowest BCUT2D eigenvalue weighted by molar-refractivity contribution is -0.138. The number of carbonyl (C=O) groups is 2. The van der Waals surface area contributed by atoms with Crippen molar-refractivity contribution in [1.82, 2.24) is 0 Å². The first-order valence-electron chi connectivity index (χ1n) is 6.98. The van der Waals surface area contributed by atoms with E-state index < -0.39 is 17.8 Å². The van der Waals surface area contributed by atoms with Gasteiger partial charge in [-0.25, -0.2) is 4.39 Å². The Morgan fingerprint density at radius 1 is 0.952 bits per heavy atom. The summed E-state index contributed by atoms with van der Waals surface area (Å²) in [6, 6.07) is 3.47. The Morgan fingerprint density at radius 3 is 1.90 bits per heavy atom. The van der Waals surface area contributed by atoms with E-state index in [1.165, 1.54) is 6.07 Å².